The van der Waals surface area contributed by atoms with Gasteiger partial charge in [0.2, 0.25) is 0 Å². The summed E-state index contributed by atoms with van der Waals surface area (Å²) in [7, 11) is 0. The van der Waals surface area contributed by atoms with Crippen LogP contribution >= 0.6 is 27.5 Å². The molecule has 0 radical (unpaired) electrons. The molecule has 0 heterocycles. The SMILES string of the molecule is CCC(CNC(=O)Nc1ccc(Br)cc1Cl)CC(=O)O. The lowest BCUT2D eigenvalue weighted by Gasteiger charge is -2.14. The Labute approximate surface area is 130 Å². The number of carbonyl (C=O) groups excluding carboxylic acids is 1. The summed E-state index contributed by atoms with van der Waals surface area (Å²) in [5.74, 6) is -0.950. The summed E-state index contributed by atoms with van der Waals surface area (Å²) in [6, 6.07) is 4.72. The Morgan fingerprint density at radius 3 is 2.70 bits per heavy atom. The maximum atomic E-state index is 11.7. The van der Waals surface area contributed by atoms with Crippen molar-refractivity contribution in [1.29, 1.82) is 0 Å². The Balaban J connectivity index is 2.49. The lowest BCUT2D eigenvalue weighted by Crippen LogP contribution is -2.33. The fourth-order valence-corrected chi connectivity index (χ4v) is 2.32. The van der Waals surface area contributed by atoms with Gasteiger partial charge in [-0.15, -0.1) is 0 Å². The Hall–Kier alpha value is -1.27. The lowest BCUT2D eigenvalue weighted by atomic mass is 10.0. The summed E-state index contributed by atoms with van der Waals surface area (Å²) in [6.45, 7) is 2.20. The van der Waals surface area contributed by atoms with E-state index in [1.807, 2.05) is 6.92 Å². The monoisotopic (exact) mass is 362 g/mol. The normalized spacial score (nSPS) is 11.8. The number of carboxylic acids is 1. The summed E-state index contributed by atoms with van der Waals surface area (Å²) < 4.78 is 0.820. The second-order valence-corrected chi connectivity index (χ2v) is 5.65. The molecule has 0 aromatic heterocycles. The van der Waals surface area contributed by atoms with Gasteiger partial charge >= 0.3 is 12.0 Å². The number of aliphatic carboxylic acids is 1. The largest absolute Gasteiger partial charge is 0.481 e. The van der Waals surface area contributed by atoms with E-state index < -0.39 is 12.0 Å². The summed E-state index contributed by atoms with van der Waals surface area (Å²) in [5.41, 5.74) is 0.499. The van der Waals surface area contributed by atoms with E-state index in [1.165, 1.54) is 0 Å². The first-order chi connectivity index (χ1) is 9.42. The van der Waals surface area contributed by atoms with E-state index in [1.54, 1.807) is 18.2 Å². The average molecular weight is 364 g/mol. The van der Waals surface area contributed by atoms with Crippen LogP contribution in [0, 0.1) is 5.92 Å². The van der Waals surface area contributed by atoms with Crippen LogP contribution in [0.1, 0.15) is 19.8 Å². The van der Waals surface area contributed by atoms with Gasteiger partial charge in [0.1, 0.15) is 0 Å². The van der Waals surface area contributed by atoms with Crippen LogP contribution < -0.4 is 10.6 Å². The minimum Gasteiger partial charge on any atom is -0.481 e. The molecule has 3 N–H and O–H groups in total. The Morgan fingerprint density at radius 1 is 1.45 bits per heavy atom. The third-order valence-corrected chi connectivity index (χ3v) is 3.58. The molecule has 0 saturated carbocycles. The molecule has 0 saturated heterocycles. The number of anilines is 1. The number of hydrogen-bond acceptors (Lipinski definition) is 2. The molecule has 110 valence electrons. The highest BCUT2D eigenvalue weighted by molar-refractivity contribution is 9.10. The first-order valence-corrected chi connectivity index (χ1v) is 7.31. The van der Waals surface area contributed by atoms with Crippen molar-refractivity contribution in [3.8, 4) is 0 Å². The molecule has 0 aliphatic rings. The minimum absolute atomic E-state index is 0.0375. The van der Waals surface area contributed by atoms with Crippen LogP contribution in [-0.2, 0) is 4.79 Å². The van der Waals surface area contributed by atoms with Gasteiger partial charge in [-0.3, -0.25) is 4.79 Å². The quantitative estimate of drug-likeness (QED) is 0.720. The van der Waals surface area contributed by atoms with E-state index in [-0.39, 0.29) is 12.3 Å². The number of hydrogen-bond donors (Lipinski definition) is 3. The number of urea groups is 1. The second kappa shape index (κ2) is 8.11. The van der Waals surface area contributed by atoms with E-state index in [4.69, 9.17) is 16.7 Å². The minimum atomic E-state index is -0.866. The summed E-state index contributed by atoms with van der Waals surface area (Å²) in [6.07, 6.45) is 0.724. The summed E-state index contributed by atoms with van der Waals surface area (Å²) in [4.78, 5) is 22.3. The van der Waals surface area contributed by atoms with Gasteiger partial charge < -0.3 is 15.7 Å². The predicted octanol–water partition coefficient (Wildman–Crippen LogP) is 3.72. The molecular weight excluding hydrogens is 348 g/mol. The number of rotatable bonds is 6. The van der Waals surface area contributed by atoms with Crippen molar-refractivity contribution in [2.24, 2.45) is 5.92 Å². The second-order valence-electron chi connectivity index (χ2n) is 4.33. The van der Waals surface area contributed by atoms with Gasteiger partial charge in [-0.1, -0.05) is 40.9 Å². The molecule has 0 spiro atoms. The average Bonchev–Trinajstić information content (AvgIpc) is 2.37. The van der Waals surface area contributed by atoms with Crippen molar-refractivity contribution in [3.63, 3.8) is 0 Å². The molecule has 1 rings (SSSR count). The molecule has 1 aromatic carbocycles. The first-order valence-electron chi connectivity index (χ1n) is 6.14. The van der Waals surface area contributed by atoms with E-state index in [0.29, 0.717) is 23.7 Å². The van der Waals surface area contributed by atoms with Crippen LogP contribution in [0.15, 0.2) is 22.7 Å². The molecule has 2 amide bonds. The topological polar surface area (TPSA) is 78.4 Å². The van der Waals surface area contributed by atoms with Crippen LogP contribution in [0.5, 0.6) is 0 Å². The highest BCUT2D eigenvalue weighted by Crippen LogP contribution is 2.25. The fraction of sp³-hybridized carbons (Fsp3) is 0.385. The third-order valence-electron chi connectivity index (χ3n) is 2.77. The zero-order valence-electron chi connectivity index (χ0n) is 11.0. The maximum absolute atomic E-state index is 11.7. The van der Waals surface area contributed by atoms with Gasteiger partial charge in [0.25, 0.3) is 0 Å². The highest BCUT2D eigenvalue weighted by Gasteiger charge is 2.13. The van der Waals surface area contributed by atoms with Crippen LogP contribution in [0.25, 0.3) is 0 Å². The zero-order chi connectivity index (χ0) is 15.1. The van der Waals surface area contributed by atoms with Crippen LogP contribution in [0.2, 0.25) is 5.02 Å². The van der Waals surface area contributed by atoms with Gasteiger partial charge in [0, 0.05) is 17.4 Å². The van der Waals surface area contributed by atoms with Crippen molar-refractivity contribution < 1.29 is 14.7 Å². The number of carbonyl (C=O) groups is 2. The molecule has 20 heavy (non-hydrogen) atoms. The molecule has 0 aliphatic heterocycles. The Bertz CT molecular complexity index is 497. The fourth-order valence-electron chi connectivity index (χ4n) is 1.60. The van der Waals surface area contributed by atoms with Crippen LogP contribution in [0.3, 0.4) is 0 Å². The zero-order valence-corrected chi connectivity index (χ0v) is 13.3. The van der Waals surface area contributed by atoms with E-state index in [2.05, 4.69) is 26.6 Å². The number of benzene rings is 1. The smallest absolute Gasteiger partial charge is 0.319 e. The number of nitrogens with one attached hydrogen (secondary N) is 2. The van der Waals surface area contributed by atoms with Crippen molar-refractivity contribution in [2.45, 2.75) is 19.8 Å². The number of halogens is 2. The molecule has 1 aromatic rings. The van der Waals surface area contributed by atoms with E-state index in [0.717, 1.165) is 4.47 Å². The molecule has 1 atom stereocenters. The van der Waals surface area contributed by atoms with Crippen molar-refractivity contribution >= 4 is 45.2 Å². The molecule has 0 fully saturated rings. The van der Waals surface area contributed by atoms with Crippen LogP contribution in [-0.4, -0.2) is 23.7 Å². The van der Waals surface area contributed by atoms with E-state index in [9.17, 15) is 9.59 Å². The van der Waals surface area contributed by atoms with Gasteiger partial charge in [-0.25, -0.2) is 4.79 Å². The summed E-state index contributed by atoms with van der Waals surface area (Å²) >= 11 is 9.26. The molecule has 0 aliphatic carbocycles. The predicted molar refractivity (Wildman–Crippen MR) is 82.2 cm³/mol. The molecule has 7 heteroatoms. The Morgan fingerprint density at radius 2 is 2.15 bits per heavy atom. The summed E-state index contributed by atoms with van der Waals surface area (Å²) in [5, 5.41) is 14.4. The van der Waals surface area contributed by atoms with Gasteiger partial charge in [-0.2, -0.15) is 0 Å². The van der Waals surface area contributed by atoms with Crippen molar-refractivity contribution in [1.82, 2.24) is 5.32 Å². The number of carboxylic acid groups (broad SMARTS) is 1. The standard InChI is InChI=1S/C13H16BrClN2O3/c1-2-8(5-12(18)19)7-16-13(20)17-11-4-3-9(14)6-10(11)15/h3-4,6,8H,2,5,7H2,1H3,(H,18,19)(H2,16,17,20). The lowest BCUT2D eigenvalue weighted by molar-refractivity contribution is -0.138. The first kappa shape index (κ1) is 16.8. The van der Waals surface area contributed by atoms with Gasteiger partial charge in [-0.05, 0) is 24.1 Å². The molecule has 5 nitrogen and oxygen atoms in total. The van der Waals surface area contributed by atoms with Crippen molar-refractivity contribution in [3.05, 3.63) is 27.7 Å². The molecule has 1 unspecified atom stereocenters. The molecule has 0 bridgehead atoms. The van der Waals surface area contributed by atoms with Crippen molar-refractivity contribution in [2.75, 3.05) is 11.9 Å². The molecular formula is C13H16BrClN2O3. The van der Waals surface area contributed by atoms with Gasteiger partial charge in [0.05, 0.1) is 10.7 Å². The van der Waals surface area contributed by atoms with E-state index >= 15 is 0 Å². The van der Waals surface area contributed by atoms with Crippen LogP contribution in [0.4, 0.5) is 10.5 Å². The van der Waals surface area contributed by atoms with Gasteiger partial charge in [0.15, 0.2) is 0 Å². The highest BCUT2D eigenvalue weighted by atomic mass is 79.9. The maximum Gasteiger partial charge on any atom is 0.319 e. The number of amides is 2. The Kier molecular flexibility index (Phi) is 6.81. The third kappa shape index (κ3) is 5.79.